The maximum atomic E-state index is 11.7. The summed E-state index contributed by atoms with van der Waals surface area (Å²) >= 11 is 0. The van der Waals surface area contributed by atoms with Gasteiger partial charge in [0.2, 0.25) is 0 Å². The van der Waals surface area contributed by atoms with Crippen molar-refractivity contribution in [3.8, 4) is 16.9 Å². The highest BCUT2D eigenvalue weighted by molar-refractivity contribution is 5.91. The van der Waals surface area contributed by atoms with Gasteiger partial charge in [0.05, 0.1) is 5.56 Å². The number of unbranched alkanes of at least 4 members (excludes halogenated alkanes) is 1. The highest BCUT2D eigenvalue weighted by atomic mass is 16.5. The predicted octanol–water partition coefficient (Wildman–Crippen LogP) is 5.83. The van der Waals surface area contributed by atoms with Crippen molar-refractivity contribution >= 4 is 11.9 Å². The van der Waals surface area contributed by atoms with E-state index in [1.54, 1.807) is 18.2 Å². The van der Waals surface area contributed by atoms with E-state index in [9.17, 15) is 14.7 Å². The molecule has 4 heteroatoms. The van der Waals surface area contributed by atoms with Gasteiger partial charge in [0.1, 0.15) is 5.75 Å². The van der Waals surface area contributed by atoms with Crippen LogP contribution in [0.5, 0.6) is 5.75 Å². The molecule has 1 N–H and O–H groups in total. The Morgan fingerprint density at radius 2 is 1.74 bits per heavy atom. The number of ether oxygens (including phenoxy) is 1. The lowest BCUT2D eigenvalue weighted by molar-refractivity contribution is -0.131. The highest BCUT2D eigenvalue weighted by Crippen LogP contribution is 2.37. The zero-order chi connectivity index (χ0) is 20.0. The highest BCUT2D eigenvalue weighted by Gasteiger charge is 2.21. The van der Waals surface area contributed by atoms with Crippen LogP contribution in [0.4, 0.5) is 0 Å². The van der Waals surface area contributed by atoms with Crippen LogP contribution in [0.1, 0.15) is 74.4 Å². The van der Waals surface area contributed by atoms with Gasteiger partial charge in [-0.3, -0.25) is 4.79 Å². The summed E-state index contributed by atoms with van der Waals surface area (Å²) < 4.78 is 5.11. The maximum absolute atomic E-state index is 11.7. The van der Waals surface area contributed by atoms with Gasteiger partial charge in [-0.1, -0.05) is 51.8 Å². The Morgan fingerprint density at radius 3 is 2.26 bits per heavy atom. The van der Waals surface area contributed by atoms with Gasteiger partial charge in [0.25, 0.3) is 0 Å². The van der Waals surface area contributed by atoms with Crippen molar-refractivity contribution in [1.82, 2.24) is 0 Å². The number of aromatic carboxylic acids is 1. The number of rotatable bonds is 8. The lowest BCUT2D eigenvalue weighted by Gasteiger charge is -2.22. The molecule has 0 fully saturated rings. The monoisotopic (exact) mass is 368 g/mol. The number of carboxylic acids is 1. The fraction of sp³-hybridized carbons (Fsp3) is 0.391. The van der Waals surface area contributed by atoms with Crippen molar-refractivity contribution in [2.24, 2.45) is 0 Å². The minimum absolute atomic E-state index is 0.266. The molecule has 0 aliphatic heterocycles. The van der Waals surface area contributed by atoms with E-state index in [1.165, 1.54) is 6.92 Å². The number of esters is 1. The molecule has 0 saturated carbocycles. The van der Waals surface area contributed by atoms with Crippen molar-refractivity contribution in [2.45, 2.75) is 59.3 Å². The molecular formula is C23H28O4. The van der Waals surface area contributed by atoms with E-state index < -0.39 is 5.97 Å². The van der Waals surface area contributed by atoms with Gasteiger partial charge in [-0.2, -0.15) is 0 Å². The molecule has 0 saturated heterocycles. The number of carbonyl (C=O) groups is 2. The first-order valence-corrected chi connectivity index (χ1v) is 9.56. The molecule has 0 aromatic heterocycles. The summed E-state index contributed by atoms with van der Waals surface area (Å²) in [4.78, 5) is 22.8. The molecule has 0 spiro atoms. The third-order valence-corrected chi connectivity index (χ3v) is 4.85. The van der Waals surface area contributed by atoms with Crippen LogP contribution >= 0.6 is 0 Å². The van der Waals surface area contributed by atoms with Gasteiger partial charge in [-0.15, -0.1) is 0 Å². The molecule has 0 amide bonds. The van der Waals surface area contributed by atoms with Gasteiger partial charge < -0.3 is 9.84 Å². The quantitative estimate of drug-likeness (QED) is 0.470. The molecule has 0 heterocycles. The van der Waals surface area contributed by atoms with Crippen LogP contribution in [0.25, 0.3) is 11.1 Å². The van der Waals surface area contributed by atoms with Gasteiger partial charge in [0.15, 0.2) is 0 Å². The summed E-state index contributed by atoms with van der Waals surface area (Å²) in [7, 11) is 0. The van der Waals surface area contributed by atoms with Gasteiger partial charge in [-0.25, -0.2) is 4.79 Å². The standard InChI is InChI=1S/C23H28O4/c1-5-7-8-15(3)22-19(6-2)21(23(25)26)14-13-20(22)17-9-11-18(12-10-17)27-16(4)24/h9-15H,5-8H2,1-4H3,(H,25,26). The number of benzene rings is 2. The zero-order valence-electron chi connectivity index (χ0n) is 16.5. The maximum Gasteiger partial charge on any atom is 0.335 e. The van der Waals surface area contributed by atoms with Crippen LogP contribution in [-0.2, 0) is 11.2 Å². The Morgan fingerprint density at radius 1 is 1.07 bits per heavy atom. The number of hydrogen-bond donors (Lipinski definition) is 1. The van der Waals surface area contributed by atoms with E-state index in [1.807, 2.05) is 25.1 Å². The van der Waals surface area contributed by atoms with Crippen LogP contribution in [0.15, 0.2) is 36.4 Å². The topological polar surface area (TPSA) is 63.6 Å². The average Bonchev–Trinajstić information content (AvgIpc) is 2.64. The first-order chi connectivity index (χ1) is 12.9. The van der Waals surface area contributed by atoms with E-state index >= 15 is 0 Å². The van der Waals surface area contributed by atoms with Crippen molar-refractivity contribution in [3.63, 3.8) is 0 Å². The number of carboxylic acid groups (broad SMARTS) is 1. The minimum atomic E-state index is -0.882. The summed E-state index contributed by atoms with van der Waals surface area (Å²) in [5, 5.41) is 9.61. The molecule has 0 aliphatic carbocycles. The van der Waals surface area contributed by atoms with Crippen molar-refractivity contribution in [3.05, 3.63) is 53.1 Å². The summed E-state index contributed by atoms with van der Waals surface area (Å²) in [6.07, 6.45) is 3.90. The molecule has 144 valence electrons. The van der Waals surface area contributed by atoms with Crippen molar-refractivity contribution < 1.29 is 19.4 Å². The molecule has 27 heavy (non-hydrogen) atoms. The summed E-state index contributed by atoms with van der Waals surface area (Å²) in [6, 6.07) is 11.0. The van der Waals surface area contributed by atoms with Gasteiger partial charge in [0, 0.05) is 6.92 Å². The SMILES string of the molecule is CCCCC(C)c1c(-c2ccc(OC(C)=O)cc2)ccc(C(=O)O)c1CC. The largest absolute Gasteiger partial charge is 0.478 e. The van der Waals surface area contributed by atoms with Crippen LogP contribution in [0.3, 0.4) is 0 Å². The van der Waals surface area contributed by atoms with E-state index in [0.29, 0.717) is 17.7 Å². The Kier molecular flexibility index (Phi) is 7.17. The summed E-state index contributed by atoms with van der Waals surface area (Å²) in [5.74, 6) is -0.463. The second-order valence-corrected chi connectivity index (χ2v) is 6.87. The van der Waals surface area contributed by atoms with E-state index in [-0.39, 0.29) is 11.9 Å². The van der Waals surface area contributed by atoms with Crippen molar-refractivity contribution in [1.29, 1.82) is 0 Å². The zero-order valence-corrected chi connectivity index (χ0v) is 16.5. The minimum Gasteiger partial charge on any atom is -0.478 e. The molecule has 4 nitrogen and oxygen atoms in total. The first kappa shape index (κ1) is 20.7. The first-order valence-electron chi connectivity index (χ1n) is 9.56. The summed E-state index contributed by atoms with van der Waals surface area (Å²) in [5.41, 5.74) is 4.46. The molecule has 1 atom stereocenters. The van der Waals surface area contributed by atoms with Gasteiger partial charge in [-0.05, 0) is 59.2 Å². The lowest BCUT2D eigenvalue weighted by atomic mass is 9.82. The normalized spacial score (nSPS) is 11.9. The second kappa shape index (κ2) is 9.36. The molecule has 0 bridgehead atoms. The second-order valence-electron chi connectivity index (χ2n) is 6.87. The molecule has 0 radical (unpaired) electrons. The van der Waals surface area contributed by atoms with Crippen LogP contribution in [0, 0.1) is 0 Å². The Hall–Kier alpha value is -2.62. The third kappa shape index (κ3) is 4.97. The Labute approximate surface area is 161 Å². The molecule has 2 aromatic rings. The van der Waals surface area contributed by atoms with Gasteiger partial charge >= 0.3 is 11.9 Å². The van der Waals surface area contributed by atoms with Crippen LogP contribution in [-0.4, -0.2) is 17.0 Å². The van der Waals surface area contributed by atoms with E-state index in [0.717, 1.165) is 41.5 Å². The Bertz CT molecular complexity index is 806. The fourth-order valence-electron chi connectivity index (χ4n) is 3.58. The molecule has 1 unspecified atom stereocenters. The number of hydrogen-bond acceptors (Lipinski definition) is 3. The van der Waals surface area contributed by atoms with E-state index in [2.05, 4.69) is 13.8 Å². The Balaban J connectivity index is 2.57. The van der Waals surface area contributed by atoms with Crippen LogP contribution in [0.2, 0.25) is 0 Å². The van der Waals surface area contributed by atoms with Crippen LogP contribution < -0.4 is 4.74 Å². The third-order valence-electron chi connectivity index (χ3n) is 4.85. The summed E-state index contributed by atoms with van der Waals surface area (Å²) in [6.45, 7) is 7.72. The molecule has 2 rings (SSSR count). The smallest absolute Gasteiger partial charge is 0.335 e. The molecule has 2 aromatic carbocycles. The van der Waals surface area contributed by atoms with Crippen molar-refractivity contribution in [2.75, 3.05) is 0 Å². The predicted molar refractivity (Wildman–Crippen MR) is 107 cm³/mol. The lowest BCUT2D eigenvalue weighted by Crippen LogP contribution is -2.09. The van der Waals surface area contributed by atoms with E-state index in [4.69, 9.17) is 4.74 Å². The number of carbonyl (C=O) groups excluding carboxylic acids is 1. The molecular weight excluding hydrogens is 340 g/mol. The fourth-order valence-corrected chi connectivity index (χ4v) is 3.58. The average molecular weight is 368 g/mol. The molecule has 0 aliphatic rings.